The molecule has 0 aliphatic rings. The minimum absolute atomic E-state index is 0.0176. The van der Waals surface area contributed by atoms with Crippen molar-refractivity contribution in [2.75, 3.05) is 26.0 Å². The molecule has 9 nitrogen and oxygen atoms in total. The standard InChI is InChI=1S/C19H24NO8PS/c1-3-26-29(23,27-4-2)15-20(14-19(21)22)30(24,25)18-12-10-17(11-13-18)28-16-8-6-5-7-9-16/h5-13H,3-4,14-15H2,1-2H3,(H,21,22). The summed E-state index contributed by atoms with van der Waals surface area (Å²) in [6.07, 6.45) is -0.717. The lowest BCUT2D eigenvalue weighted by Crippen LogP contribution is -2.37. The van der Waals surface area contributed by atoms with Crippen LogP contribution in [0.4, 0.5) is 0 Å². The van der Waals surface area contributed by atoms with Gasteiger partial charge in [-0.2, -0.15) is 4.31 Å². The second-order valence-corrected chi connectivity index (χ2v) is 9.94. The smallest absolute Gasteiger partial charge is 0.345 e. The summed E-state index contributed by atoms with van der Waals surface area (Å²) in [5, 5.41) is 9.16. The zero-order valence-corrected chi connectivity index (χ0v) is 18.3. The average Bonchev–Trinajstić information content (AvgIpc) is 2.68. The molecule has 0 amide bonds. The summed E-state index contributed by atoms with van der Waals surface area (Å²) in [6.45, 7) is 2.29. The minimum atomic E-state index is -4.29. The highest BCUT2D eigenvalue weighted by atomic mass is 32.2. The van der Waals surface area contributed by atoms with Gasteiger partial charge < -0.3 is 18.9 Å². The van der Waals surface area contributed by atoms with Gasteiger partial charge in [0.2, 0.25) is 10.0 Å². The largest absolute Gasteiger partial charge is 0.480 e. The van der Waals surface area contributed by atoms with Crippen molar-refractivity contribution in [2.24, 2.45) is 0 Å². The topological polar surface area (TPSA) is 119 Å². The Balaban J connectivity index is 2.28. The van der Waals surface area contributed by atoms with Crippen LogP contribution in [0.1, 0.15) is 13.8 Å². The molecule has 0 saturated carbocycles. The van der Waals surface area contributed by atoms with E-state index >= 15 is 0 Å². The zero-order chi connectivity index (χ0) is 22.2. The van der Waals surface area contributed by atoms with Crippen LogP contribution >= 0.6 is 7.60 Å². The van der Waals surface area contributed by atoms with Gasteiger partial charge in [0, 0.05) is 0 Å². The molecular weight excluding hydrogens is 433 g/mol. The molecule has 11 heteroatoms. The molecule has 0 aliphatic carbocycles. The number of hydrogen-bond acceptors (Lipinski definition) is 7. The van der Waals surface area contributed by atoms with Gasteiger partial charge in [-0.15, -0.1) is 0 Å². The summed E-state index contributed by atoms with van der Waals surface area (Å²) in [7, 11) is -8.14. The summed E-state index contributed by atoms with van der Waals surface area (Å²) in [5.41, 5.74) is 0. The van der Waals surface area contributed by atoms with Gasteiger partial charge in [0.1, 0.15) is 24.3 Å². The lowest BCUT2D eigenvalue weighted by molar-refractivity contribution is -0.137. The molecule has 0 unspecified atom stereocenters. The molecule has 0 radical (unpaired) electrons. The monoisotopic (exact) mass is 457 g/mol. The van der Waals surface area contributed by atoms with E-state index in [0.29, 0.717) is 15.8 Å². The number of carbonyl (C=O) groups is 1. The molecule has 0 fully saturated rings. The normalized spacial score (nSPS) is 12.1. The molecule has 0 aliphatic heterocycles. The summed E-state index contributed by atoms with van der Waals surface area (Å²) in [4.78, 5) is 11.1. The Kier molecular flexibility index (Phi) is 8.57. The second kappa shape index (κ2) is 10.7. The number of aliphatic carboxylic acids is 1. The van der Waals surface area contributed by atoms with Crippen molar-refractivity contribution in [1.82, 2.24) is 4.31 Å². The summed E-state index contributed by atoms with van der Waals surface area (Å²) < 4.78 is 55.2. The highest BCUT2D eigenvalue weighted by molar-refractivity contribution is 7.89. The van der Waals surface area contributed by atoms with E-state index in [9.17, 15) is 17.8 Å². The Morgan fingerprint density at radius 1 is 0.967 bits per heavy atom. The van der Waals surface area contributed by atoms with Crippen molar-refractivity contribution >= 4 is 23.6 Å². The molecule has 2 aromatic rings. The molecule has 0 heterocycles. The van der Waals surface area contributed by atoms with E-state index in [-0.39, 0.29) is 18.1 Å². The number of sulfonamides is 1. The molecule has 1 N–H and O–H groups in total. The molecule has 30 heavy (non-hydrogen) atoms. The number of para-hydroxylation sites is 1. The molecule has 0 bridgehead atoms. The third-order valence-corrected chi connectivity index (χ3v) is 7.72. The second-order valence-electron chi connectivity index (χ2n) is 5.98. The zero-order valence-electron chi connectivity index (χ0n) is 16.6. The predicted molar refractivity (Wildman–Crippen MR) is 110 cm³/mol. The first-order valence-corrected chi connectivity index (χ1v) is 12.3. The first-order valence-electron chi connectivity index (χ1n) is 9.13. The lowest BCUT2D eigenvalue weighted by atomic mass is 10.3. The van der Waals surface area contributed by atoms with Gasteiger partial charge in [-0.25, -0.2) is 8.42 Å². The first kappa shape index (κ1) is 24.0. The highest BCUT2D eigenvalue weighted by Crippen LogP contribution is 2.49. The third-order valence-electron chi connectivity index (χ3n) is 3.73. The number of ether oxygens (including phenoxy) is 1. The van der Waals surface area contributed by atoms with Crippen molar-refractivity contribution in [3.8, 4) is 11.5 Å². The number of benzene rings is 2. The van der Waals surface area contributed by atoms with Crippen LogP contribution in [0.15, 0.2) is 59.5 Å². The fourth-order valence-corrected chi connectivity index (χ4v) is 6.12. The molecule has 164 valence electrons. The van der Waals surface area contributed by atoms with Gasteiger partial charge in [0.05, 0.1) is 18.1 Å². The predicted octanol–water partition coefficient (Wildman–Crippen LogP) is 3.78. The molecule has 0 saturated heterocycles. The van der Waals surface area contributed by atoms with Gasteiger partial charge in [-0.05, 0) is 50.2 Å². The summed E-state index contributed by atoms with van der Waals surface area (Å²) >= 11 is 0. The van der Waals surface area contributed by atoms with Crippen LogP contribution in [0.3, 0.4) is 0 Å². The van der Waals surface area contributed by atoms with Crippen LogP contribution in [0.25, 0.3) is 0 Å². The Bertz CT molecular complexity index is 969. The Morgan fingerprint density at radius 2 is 1.50 bits per heavy atom. The fraction of sp³-hybridized carbons (Fsp3) is 0.316. The Labute approximate surface area is 175 Å². The van der Waals surface area contributed by atoms with Gasteiger partial charge in [-0.3, -0.25) is 9.36 Å². The average molecular weight is 457 g/mol. The van der Waals surface area contributed by atoms with E-state index in [4.69, 9.17) is 18.9 Å². The van der Waals surface area contributed by atoms with Crippen molar-refractivity contribution in [1.29, 1.82) is 0 Å². The molecule has 0 aromatic heterocycles. The van der Waals surface area contributed by atoms with Gasteiger partial charge in [0.25, 0.3) is 0 Å². The van der Waals surface area contributed by atoms with Gasteiger partial charge in [0.15, 0.2) is 0 Å². The number of rotatable bonds is 12. The SMILES string of the molecule is CCOP(=O)(CN(CC(=O)O)S(=O)(=O)c1ccc(Oc2ccccc2)cc1)OCC. The van der Waals surface area contributed by atoms with Crippen molar-refractivity contribution in [2.45, 2.75) is 18.7 Å². The van der Waals surface area contributed by atoms with Crippen molar-refractivity contribution < 1.29 is 36.7 Å². The number of hydrogen-bond donors (Lipinski definition) is 1. The third kappa shape index (κ3) is 6.65. The van der Waals surface area contributed by atoms with Crippen molar-refractivity contribution in [3.63, 3.8) is 0 Å². The van der Waals surface area contributed by atoms with E-state index in [1.54, 1.807) is 38.1 Å². The van der Waals surface area contributed by atoms with Crippen LogP contribution in [-0.2, 0) is 28.4 Å². The Hall–Kier alpha value is -2.23. The van der Waals surface area contributed by atoms with E-state index in [1.807, 2.05) is 6.07 Å². The van der Waals surface area contributed by atoms with Gasteiger partial charge in [-0.1, -0.05) is 18.2 Å². The number of nitrogens with zero attached hydrogens (tertiary/aromatic N) is 1. The number of carboxylic acids is 1. The Morgan fingerprint density at radius 3 is 2.00 bits per heavy atom. The fourth-order valence-electron chi connectivity index (χ4n) is 2.52. The van der Waals surface area contributed by atoms with Crippen molar-refractivity contribution in [3.05, 3.63) is 54.6 Å². The van der Waals surface area contributed by atoms with E-state index < -0.39 is 36.4 Å². The molecular formula is C19H24NO8PS. The maximum Gasteiger partial charge on any atom is 0.345 e. The maximum absolute atomic E-state index is 13.0. The first-order chi connectivity index (χ1) is 14.2. The summed E-state index contributed by atoms with van der Waals surface area (Å²) in [6, 6.07) is 14.4. The quantitative estimate of drug-likeness (QED) is 0.478. The van der Waals surface area contributed by atoms with Crippen LogP contribution in [0.2, 0.25) is 0 Å². The van der Waals surface area contributed by atoms with Crippen LogP contribution < -0.4 is 4.74 Å². The molecule has 2 rings (SSSR count). The number of carboxylic acid groups (broad SMARTS) is 1. The minimum Gasteiger partial charge on any atom is -0.480 e. The van der Waals surface area contributed by atoms with Crippen LogP contribution in [0.5, 0.6) is 11.5 Å². The molecule has 0 atom stereocenters. The van der Waals surface area contributed by atoms with E-state index in [2.05, 4.69) is 0 Å². The van der Waals surface area contributed by atoms with Crippen LogP contribution in [-0.4, -0.2) is 49.8 Å². The van der Waals surface area contributed by atoms with Gasteiger partial charge >= 0.3 is 13.6 Å². The molecule has 0 spiro atoms. The van der Waals surface area contributed by atoms with Crippen LogP contribution in [0, 0.1) is 0 Å². The van der Waals surface area contributed by atoms with E-state index in [0.717, 1.165) is 0 Å². The maximum atomic E-state index is 13.0. The highest BCUT2D eigenvalue weighted by Gasteiger charge is 2.35. The molecule has 2 aromatic carbocycles. The van der Waals surface area contributed by atoms with E-state index in [1.165, 1.54) is 24.3 Å². The summed E-state index contributed by atoms with van der Waals surface area (Å²) in [5.74, 6) is -0.420. The lowest BCUT2D eigenvalue weighted by Gasteiger charge is -2.25.